The summed E-state index contributed by atoms with van der Waals surface area (Å²) >= 11 is 0.960. The van der Waals surface area contributed by atoms with E-state index in [-0.39, 0.29) is 11.3 Å². The van der Waals surface area contributed by atoms with Gasteiger partial charge in [-0.1, -0.05) is 23.9 Å². The number of nitrogens with zero attached hydrogens (tertiary/aromatic N) is 2. The third-order valence-electron chi connectivity index (χ3n) is 2.49. The van der Waals surface area contributed by atoms with Gasteiger partial charge in [0.05, 0.1) is 11.3 Å². The Balaban J connectivity index is 2.57. The predicted molar refractivity (Wildman–Crippen MR) is 72.8 cm³/mol. The number of carbonyl (C=O) groups is 1. The highest BCUT2D eigenvalue weighted by atomic mass is 32.2. The molecule has 0 spiro atoms. The minimum Gasteiger partial charge on any atom is -0.481 e. The van der Waals surface area contributed by atoms with Crippen molar-refractivity contribution in [1.82, 2.24) is 9.55 Å². The second kappa shape index (κ2) is 5.62. The molecular weight excluding hydrogens is 286 g/mol. The van der Waals surface area contributed by atoms with Gasteiger partial charge in [0.25, 0.3) is 0 Å². The quantitative estimate of drug-likeness (QED) is 0.681. The number of benzene rings is 1. The second-order valence-electron chi connectivity index (χ2n) is 4.38. The molecule has 0 unspecified atom stereocenters. The third-order valence-corrected chi connectivity index (χ3v) is 3.45. The molecule has 1 aromatic heterocycles. The smallest absolute Gasteiger partial charge is 0.313 e. The molecule has 106 valence electrons. The van der Waals surface area contributed by atoms with Gasteiger partial charge in [-0.05, 0) is 6.92 Å². The number of carboxylic acids is 1. The molecule has 0 saturated heterocycles. The van der Waals surface area contributed by atoms with Crippen LogP contribution in [0.5, 0.6) is 0 Å². The van der Waals surface area contributed by atoms with Gasteiger partial charge in [0.2, 0.25) is 0 Å². The fourth-order valence-corrected chi connectivity index (χ4v) is 2.51. The molecule has 1 aromatic carbocycles. The van der Waals surface area contributed by atoms with Crippen LogP contribution in [0, 0.1) is 11.6 Å². The normalized spacial score (nSPS) is 10.9. The number of rotatable bonds is 5. The van der Waals surface area contributed by atoms with Gasteiger partial charge >= 0.3 is 5.97 Å². The zero-order chi connectivity index (χ0) is 14.9. The molecule has 0 saturated carbocycles. The molecule has 1 N–H and O–H groups in total. The molecule has 2 rings (SSSR count). The topological polar surface area (TPSA) is 55.1 Å². The number of aliphatic carboxylic acids is 1. The zero-order valence-electron chi connectivity index (χ0n) is 10.7. The van der Waals surface area contributed by atoms with Crippen LogP contribution in [0.2, 0.25) is 0 Å². The molecule has 0 radical (unpaired) electrons. The molecule has 0 aliphatic carbocycles. The van der Waals surface area contributed by atoms with Crippen molar-refractivity contribution in [2.75, 3.05) is 5.75 Å². The number of imidazole rings is 1. The fraction of sp³-hybridized carbons (Fsp3) is 0.231. The largest absolute Gasteiger partial charge is 0.481 e. The molecule has 0 atom stereocenters. The summed E-state index contributed by atoms with van der Waals surface area (Å²) in [7, 11) is 0. The lowest BCUT2D eigenvalue weighted by molar-refractivity contribution is -0.133. The molecule has 20 heavy (non-hydrogen) atoms. The zero-order valence-corrected chi connectivity index (χ0v) is 11.5. The van der Waals surface area contributed by atoms with Gasteiger partial charge in [0.1, 0.15) is 11.3 Å². The van der Waals surface area contributed by atoms with E-state index in [0.717, 1.165) is 23.4 Å². The Morgan fingerprint density at radius 3 is 2.80 bits per heavy atom. The van der Waals surface area contributed by atoms with E-state index < -0.39 is 17.6 Å². The van der Waals surface area contributed by atoms with Crippen LogP contribution in [0.15, 0.2) is 29.4 Å². The number of halogens is 2. The number of hydrogen-bond donors (Lipinski definition) is 1. The molecule has 0 bridgehead atoms. The van der Waals surface area contributed by atoms with Gasteiger partial charge in [-0.2, -0.15) is 0 Å². The summed E-state index contributed by atoms with van der Waals surface area (Å²) in [6, 6.07) is 1.94. The number of thioether (sulfide) groups is 1. The van der Waals surface area contributed by atoms with Gasteiger partial charge in [-0.25, -0.2) is 13.8 Å². The fourth-order valence-electron chi connectivity index (χ4n) is 1.79. The highest BCUT2D eigenvalue weighted by Gasteiger charge is 2.16. The Morgan fingerprint density at radius 1 is 1.50 bits per heavy atom. The molecule has 4 nitrogen and oxygen atoms in total. The maximum absolute atomic E-state index is 13.7. The molecular formula is C13H12F2N2O2S. The van der Waals surface area contributed by atoms with Crippen molar-refractivity contribution in [3.63, 3.8) is 0 Å². The van der Waals surface area contributed by atoms with Crippen LogP contribution >= 0.6 is 11.8 Å². The minimum absolute atomic E-state index is 0.0283. The summed E-state index contributed by atoms with van der Waals surface area (Å²) in [5.74, 6) is -2.68. The maximum atomic E-state index is 13.7. The van der Waals surface area contributed by atoms with Crippen LogP contribution in [0.3, 0.4) is 0 Å². The van der Waals surface area contributed by atoms with Crippen LogP contribution in [-0.4, -0.2) is 26.4 Å². The highest BCUT2D eigenvalue weighted by molar-refractivity contribution is 7.99. The van der Waals surface area contributed by atoms with E-state index in [1.54, 1.807) is 11.5 Å². The van der Waals surface area contributed by atoms with E-state index in [9.17, 15) is 13.6 Å². The van der Waals surface area contributed by atoms with Gasteiger partial charge in [0, 0.05) is 18.7 Å². The lowest BCUT2D eigenvalue weighted by atomic mass is 10.3. The van der Waals surface area contributed by atoms with Gasteiger partial charge < -0.3 is 9.67 Å². The molecule has 0 aliphatic rings. The van der Waals surface area contributed by atoms with E-state index in [0.29, 0.717) is 17.2 Å². The van der Waals surface area contributed by atoms with Crippen molar-refractivity contribution < 1.29 is 18.7 Å². The maximum Gasteiger partial charge on any atom is 0.313 e. The first-order valence-corrected chi connectivity index (χ1v) is 6.71. The Labute approximate surface area is 118 Å². The molecule has 7 heteroatoms. The summed E-state index contributed by atoms with van der Waals surface area (Å²) in [6.07, 6.45) is 0. The van der Waals surface area contributed by atoms with E-state index in [2.05, 4.69) is 11.6 Å². The van der Waals surface area contributed by atoms with E-state index >= 15 is 0 Å². The lowest BCUT2D eigenvalue weighted by Crippen LogP contribution is -2.04. The second-order valence-corrected chi connectivity index (χ2v) is 5.32. The molecule has 0 amide bonds. The van der Waals surface area contributed by atoms with Crippen LogP contribution in [0.1, 0.15) is 6.92 Å². The summed E-state index contributed by atoms with van der Waals surface area (Å²) in [4.78, 5) is 14.7. The van der Waals surface area contributed by atoms with E-state index in [1.165, 1.54) is 6.07 Å². The number of hydrogen-bond acceptors (Lipinski definition) is 3. The SMILES string of the molecule is C=C(C)Cn1c(SCC(=O)O)nc2c(F)cc(F)cc21. The first kappa shape index (κ1) is 14.5. The van der Waals surface area contributed by atoms with Crippen LogP contribution in [-0.2, 0) is 11.3 Å². The average molecular weight is 298 g/mol. The number of fused-ring (bicyclic) bond motifs is 1. The van der Waals surface area contributed by atoms with Crippen molar-refractivity contribution in [2.24, 2.45) is 0 Å². The monoisotopic (exact) mass is 298 g/mol. The molecule has 2 aromatic rings. The van der Waals surface area contributed by atoms with Crippen molar-refractivity contribution in [3.8, 4) is 0 Å². The number of carboxylic acid groups (broad SMARTS) is 1. The molecule has 0 fully saturated rings. The summed E-state index contributed by atoms with van der Waals surface area (Å²) in [5.41, 5.74) is 1.09. The summed E-state index contributed by atoms with van der Waals surface area (Å²) in [5, 5.41) is 9.04. The van der Waals surface area contributed by atoms with Gasteiger partial charge in [-0.15, -0.1) is 0 Å². The Hall–Kier alpha value is -1.89. The van der Waals surface area contributed by atoms with E-state index in [4.69, 9.17) is 5.11 Å². The Kier molecular flexibility index (Phi) is 4.08. The lowest BCUT2D eigenvalue weighted by Gasteiger charge is -2.07. The standard InChI is InChI=1S/C13H12F2N2O2S/c1-7(2)5-17-10-4-8(14)3-9(15)12(10)16-13(17)20-6-11(18)19/h3-4H,1,5-6H2,2H3,(H,18,19). The Bertz CT molecular complexity index is 697. The van der Waals surface area contributed by atoms with Crippen LogP contribution in [0.4, 0.5) is 8.78 Å². The van der Waals surface area contributed by atoms with Gasteiger partial charge in [-0.3, -0.25) is 4.79 Å². The van der Waals surface area contributed by atoms with Crippen molar-refractivity contribution >= 4 is 28.8 Å². The van der Waals surface area contributed by atoms with E-state index in [1.807, 2.05) is 0 Å². The van der Waals surface area contributed by atoms with Crippen LogP contribution in [0.25, 0.3) is 11.0 Å². The molecule has 0 aliphatic heterocycles. The van der Waals surface area contributed by atoms with Gasteiger partial charge in [0.15, 0.2) is 11.0 Å². The predicted octanol–water partition coefficient (Wildman–Crippen LogP) is 3.07. The van der Waals surface area contributed by atoms with Crippen molar-refractivity contribution in [2.45, 2.75) is 18.6 Å². The Morgan fingerprint density at radius 2 is 2.20 bits per heavy atom. The highest BCUT2D eigenvalue weighted by Crippen LogP contribution is 2.27. The van der Waals surface area contributed by atoms with Crippen molar-refractivity contribution in [1.29, 1.82) is 0 Å². The number of aromatic nitrogens is 2. The average Bonchev–Trinajstić information content (AvgIpc) is 2.65. The first-order valence-electron chi connectivity index (χ1n) is 5.72. The van der Waals surface area contributed by atoms with Crippen molar-refractivity contribution in [3.05, 3.63) is 35.9 Å². The first-order chi connectivity index (χ1) is 9.38. The summed E-state index contributed by atoms with van der Waals surface area (Å²) in [6.45, 7) is 5.85. The third kappa shape index (κ3) is 2.98. The minimum atomic E-state index is -1.00. The summed E-state index contributed by atoms with van der Waals surface area (Å²) < 4.78 is 28.6. The molecule has 1 heterocycles. The van der Waals surface area contributed by atoms with Crippen LogP contribution < -0.4 is 0 Å². The number of allylic oxidation sites excluding steroid dienone is 1.